The first-order valence-electron chi connectivity index (χ1n) is 18.2. The van der Waals surface area contributed by atoms with Crippen molar-refractivity contribution >= 4 is 54.4 Å². The van der Waals surface area contributed by atoms with Gasteiger partial charge in [-0.15, -0.1) is 0 Å². The van der Waals surface area contributed by atoms with E-state index in [0.29, 0.717) is 17.5 Å². The Labute approximate surface area is 311 Å². The van der Waals surface area contributed by atoms with Gasteiger partial charge in [0.25, 0.3) is 0 Å². The summed E-state index contributed by atoms with van der Waals surface area (Å²) >= 11 is 0. The van der Waals surface area contributed by atoms with Gasteiger partial charge in [0, 0.05) is 49.6 Å². The van der Waals surface area contributed by atoms with Crippen molar-refractivity contribution in [3.8, 4) is 45.5 Å². The second-order valence-corrected chi connectivity index (χ2v) is 13.7. The molecule has 0 aliphatic rings. The average molecular weight is 690 g/mol. The molecule has 0 radical (unpaired) electrons. The van der Waals surface area contributed by atoms with Gasteiger partial charge in [-0.1, -0.05) is 140 Å². The smallest absolute Gasteiger partial charge is 0.164 e. The van der Waals surface area contributed by atoms with Crippen LogP contribution >= 0.6 is 0 Å². The molecule has 0 fully saturated rings. The first-order valence-corrected chi connectivity index (χ1v) is 18.2. The number of benzene rings is 8. The predicted molar refractivity (Wildman–Crippen MR) is 222 cm³/mol. The van der Waals surface area contributed by atoms with Crippen LogP contribution in [0.25, 0.3) is 99.9 Å². The molecule has 8 aromatic carbocycles. The lowest BCUT2D eigenvalue weighted by Gasteiger charge is -2.12. The zero-order valence-electron chi connectivity index (χ0n) is 29.1. The summed E-state index contributed by atoms with van der Waals surface area (Å²) in [5.41, 5.74) is 9.65. The van der Waals surface area contributed by atoms with Crippen LogP contribution in [-0.2, 0) is 0 Å². The summed E-state index contributed by atoms with van der Waals surface area (Å²) in [6.07, 6.45) is 0. The molecule has 11 aromatic rings. The number of aromatic nitrogens is 5. The highest BCUT2D eigenvalue weighted by Crippen LogP contribution is 2.42. The normalized spacial score (nSPS) is 11.7. The summed E-state index contributed by atoms with van der Waals surface area (Å²) in [5, 5.41) is 7.18. The first kappa shape index (κ1) is 30.3. The van der Waals surface area contributed by atoms with E-state index >= 15 is 0 Å². The van der Waals surface area contributed by atoms with E-state index < -0.39 is 0 Å². The molecule has 0 aliphatic heterocycles. The lowest BCUT2D eigenvalue weighted by Crippen LogP contribution is -2.01. The van der Waals surface area contributed by atoms with E-state index in [1.807, 2.05) is 18.2 Å². The van der Waals surface area contributed by atoms with E-state index in [9.17, 15) is 0 Å². The molecule has 11 rings (SSSR count). The van der Waals surface area contributed by atoms with Gasteiger partial charge in [0.05, 0.1) is 22.1 Å². The molecular weight excluding hydrogens is 659 g/mol. The fourth-order valence-electron chi connectivity index (χ4n) is 8.09. The topological polar surface area (TPSA) is 48.5 Å². The lowest BCUT2D eigenvalue weighted by molar-refractivity contribution is 1.07. The molecule has 5 heteroatoms. The first-order chi connectivity index (χ1) is 26.8. The van der Waals surface area contributed by atoms with Crippen LogP contribution in [0.3, 0.4) is 0 Å². The van der Waals surface area contributed by atoms with Crippen molar-refractivity contribution in [2.45, 2.75) is 0 Å². The van der Waals surface area contributed by atoms with Gasteiger partial charge in [0.2, 0.25) is 0 Å². The molecule has 0 unspecified atom stereocenters. The Morgan fingerprint density at radius 1 is 0.315 bits per heavy atom. The van der Waals surface area contributed by atoms with Gasteiger partial charge >= 0.3 is 0 Å². The Hall–Kier alpha value is -7.37. The van der Waals surface area contributed by atoms with Crippen LogP contribution < -0.4 is 0 Å². The number of para-hydroxylation sites is 3. The Kier molecular flexibility index (Phi) is 6.79. The third kappa shape index (κ3) is 4.76. The molecule has 0 atom stereocenters. The van der Waals surface area contributed by atoms with Crippen LogP contribution in [0, 0.1) is 0 Å². The molecule has 0 aliphatic carbocycles. The largest absolute Gasteiger partial charge is 0.309 e. The number of hydrogen-bond donors (Lipinski definition) is 0. The highest BCUT2D eigenvalue weighted by molar-refractivity contribution is 6.26. The van der Waals surface area contributed by atoms with E-state index in [4.69, 9.17) is 15.0 Å². The van der Waals surface area contributed by atoms with Crippen LogP contribution in [0.4, 0.5) is 0 Å². The second-order valence-electron chi connectivity index (χ2n) is 13.7. The highest BCUT2D eigenvalue weighted by Gasteiger charge is 2.21. The molecular formula is C49H31N5. The van der Waals surface area contributed by atoms with Crippen LogP contribution in [0.1, 0.15) is 0 Å². The molecule has 0 saturated carbocycles. The summed E-state index contributed by atoms with van der Waals surface area (Å²) in [4.78, 5) is 15.3. The van der Waals surface area contributed by atoms with Crippen molar-refractivity contribution in [2.24, 2.45) is 0 Å². The Morgan fingerprint density at radius 2 is 0.889 bits per heavy atom. The summed E-state index contributed by atoms with van der Waals surface area (Å²) in [6, 6.07) is 66.2. The third-order valence-electron chi connectivity index (χ3n) is 10.5. The summed E-state index contributed by atoms with van der Waals surface area (Å²) in [7, 11) is 0. The fourth-order valence-corrected chi connectivity index (χ4v) is 8.09. The van der Waals surface area contributed by atoms with Crippen LogP contribution in [0.15, 0.2) is 188 Å². The minimum Gasteiger partial charge on any atom is -0.309 e. The van der Waals surface area contributed by atoms with E-state index in [2.05, 4.69) is 179 Å². The molecule has 0 amide bonds. The highest BCUT2D eigenvalue weighted by atomic mass is 15.0. The standard InChI is InChI=1S/C49H31N5/c1-3-15-33(16-4-1)47-50-48(52-49(51-47)36-27-26-32-14-7-8-17-34(32)30-36)35-18-13-21-38(31-35)54-42-24-11-9-22-39(42)40-28-29-44-45(46(40)54)41-23-10-12-25-43(41)53(44)37-19-5-2-6-20-37/h1-31H. The Morgan fingerprint density at radius 3 is 1.67 bits per heavy atom. The monoisotopic (exact) mass is 689 g/mol. The van der Waals surface area contributed by atoms with Crippen molar-refractivity contribution in [1.82, 2.24) is 24.1 Å². The van der Waals surface area contributed by atoms with Crippen LogP contribution in [0.2, 0.25) is 0 Å². The van der Waals surface area contributed by atoms with Gasteiger partial charge in [-0.2, -0.15) is 0 Å². The van der Waals surface area contributed by atoms with Gasteiger partial charge in [0.1, 0.15) is 0 Å². The lowest BCUT2D eigenvalue weighted by atomic mass is 10.1. The van der Waals surface area contributed by atoms with Gasteiger partial charge in [-0.3, -0.25) is 0 Å². The number of rotatable bonds is 5. The molecule has 0 N–H and O–H groups in total. The average Bonchev–Trinajstić information content (AvgIpc) is 3.77. The minimum absolute atomic E-state index is 0.625. The molecule has 0 spiro atoms. The van der Waals surface area contributed by atoms with E-state index in [-0.39, 0.29) is 0 Å². The number of hydrogen-bond acceptors (Lipinski definition) is 3. The molecule has 0 bridgehead atoms. The number of nitrogens with zero attached hydrogens (tertiary/aromatic N) is 5. The SMILES string of the molecule is c1ccc(-c2nc(-c3cccc(-n4c5ccccc5c5ccc6c(c7ccccc7n6-c6ccccc6)c54)c3)nc(-c3ccc4ccccc4c3)n2)cc1. The maximum Gasteiger partial charge on any atom is 0.164 e. The van der Waals surface area contributed by atoms with Crippen molar-refractivity contribution in [1.29, 1.82) is 0 Å². The van der Waals surface area contributed by atoms with Gasteiger partial charge in [-0.05, 0) is 59.3 Å². The van der Waals surface area contributed by atoms with Crippen molar-refractivity contribution < 1.29 is 0 Å². The van der Waals surface area contributed by atoms with Gasteiger partial charge in [-0.25, -0.2) is 15.0 Å². The fraction of sp³-hybridized carbons (Fsp3) is 0. The molecule has 54 heavy (non-hydrogen) atoms. The van der Waals surface area contributed by atoms with E-state index in [0.717, 1.165) is 39.0 Å². The molecule has 5 nitrogen and oxygen atoms in total. The Bertz CT molecular complexity index is 3210. The van der Waals surface area contributed by atoms with E-state index in [1.54, 1.807) is 0 Å². The summed E-state index contributed by atoms with van der Waals surface area (Å²) in [5.74, 6) is 1.91. The zero-order valence-corrected chi connectivity index (χ0v) is 29.1. The summed E-state index contributed by atoms with van der Waals surface area (Å²) in [6.45, 7) is 0. The Balaban J connectivity index is 1.17. The van der Waals surface area contributed by atoms with Crippen LogP contribution in [0.5, 0.6) is 0 Å². The van der Waals surface area contributed by atoms with Gasteiger partial charge in [0.15, 0.2) is 17.5 Å². The maximum atomic E-state index is 5.15. The molecule has 252 valence electrons. The minimum atomic E-state index is 0.625. The van der Waals surface area contributed by atoms with Crippen molar-refractivity contribution in [3.63, 3.8) is 0 Å². The molecule has 3 heterocycles. The number of fused-ring (bicyclic) bond motifs is 8. The van der Waals surface area contributed by atoms with Crippen LogP contribution in [-0.4, -0.2) is 24.1 Å². The third-order valence-corrected chi connectivity index (χ3v) is 10.5. The predicted octanol–water partition coefficient (Wildman–Crippen LogP) is 12.2. The zero-order chi connectivity index (χ0) is 35.6. The van der Waals surface area contributed by atoms with E-state index in [1.165, 1.54) is 43.5 Å². The van der Waals surface area contributed by atoms with Crippen molar-refractivity contribution in [3.05, 3.63) is 188 Å². The molecule has 3 aromatic heterocycles. The quantitative estimate of drug-likeness (QED) is 0.181. The summed E-state index contributed by atoms with van der Waals surface area (Å²) < 4.78 is 4.80. The molecule has 0 saturated heterocycles. The van der Waals surface area contributed by atoms with Gasteiger partial charge < -0.3 is 9.13 Å². The van der Waals surface area contributed by atoms with Crippen molar-refractivity contribution in [2.75, 3.05) is 0 Å². The maximum absolute atomic E-state index is 5.15. The second kappa shape index (κ2) is 12.1.